The van der Waals surface area contributed by atoms with E-state index < -0.39 is 6.10 Å². The number of aliphatic hydroxyl groups is 1. The van der Waals surface area contributed by atoms with Gasteiger partial charge in [0.05, 0.1) is 6.10 Å². The maximum absolute atomic E-state index is 12.0. The van der Waals surface area contributed by atoms with E-state index in [1.54, 1.807) is 26.2 Å². The Morgan fingerprint density at radius 2 is 2.00 bits per heavy atom. The van der Waals surface area contributed by atoms with Gasteiger partial charge in [0.15, 0.2) is 0 Å². The molecule has 22 heavy (non-hydrogen) atoms. The third kappa shape index (κ3) is 2.70. The van der Waals surface area contributed by atoms with Crippen LogP contribution in [0.1, 0.15) is 34.0 Å². The Hall–Kier alpha value is -2.33. The Morgan fingerprint density at radius 3 is 2.77 bits per heavy atom. The highest BCUT2D eigenvalue weighted by molar-refractivity contribution is 5.94. The van der Waals surface area contributed by atoms with E-state index in [4.69, 9.17) is 4.74 Å². The molecule has 1 amide bonds. The standard InChI is InChI=1S/C18H19NO3/c1-19(2)18(21)12-5-3-6-13(11-12)22-17-8-4-7-14-15(17)9-10-16(14)20/h3-8,11,16,20H,9-10H2,1-2H3/t16-/m1/s1. The minimum atomic E-state index is -0.403. The number of nitrogens with zero attached hydrogens (tertiary/aromatic N) is 1. The summed E-state index contributed by atoms with van der Waals surface area (Å²) in [5.74, 6) is 1.32. The van der Waals surface area contributed by atoms with Crippen LogP contribution in [-0.4, -0.2) is 30.0 Å². The van der Waals surface area contributed by atoms with Gasteiger partial charge >= 0.3 is 0 Å². The van der Waals surface area contributed by atoms with Crippen molar-refractivity contribution in [3.05, 3.63) is 59.2 Å². The average Bonchev–Trinajstić information content (AvgIpc) is 2.89. The molecule has 1 N–H and O–H groups in total. The van der Waals surface area contributed by atoms with Crippen molar-refractivity contribution < 1.29 is 14.6 Å². The first kappa shape index (κ1) is 14.6. The van der Waals surface area contributed by atoms with Gasteiger partial charge in [0.2, 0.25) is 0 Å². The van der Waals surface area contributed by atoms with Crippen molar-refractivity contribution in [2.75, 3.05) is 14.1 Å². The number of hydrogen-bond donors (Lipinski definition) is 1. The maximum atomic E-state index is 12.0. The molecule has 0 saturated heterocycles. The van der Waals surface area contributed by atoms with E-state index >= 15 is 0 Å². The highest BCUT2D eigenvalue weighted by Gasteiger charge is 2.23. The Balaban J connectivity index is 1.89. The van der Waals surface area contributed by atoms with Crippen molar-refractivity contribution in [2.45, 2.75) is 18.9 Å². The summed E-state index contributed by atoms with van der Waals surface area (Å²) < 4.78 is 5.96. The van der Waals surface area contributed by atoms with Gasteiger partial charge in [-0.05, 0) is 42.7 Å². The van der Waals surface area contributed by atoms with Crippen LogP contribution < -0.4 is 4.74 Å². The molecule has 114 valence electrons. The topological polar surface area (TPSA) is 49.8 Å². The van der Waals surface area contributed by atoms with E-state index in [1.165, 1.54) is 4.90 Å². The third-order valence-electron chi connectivity index (χ3n) is 3.91. The molecule has 0 spiro atoms. The van der Waals surface area contributed by atoms with Crippen molar-refractivity contribution in [3.8, 4) is 11.5 Å². The highest BCUT2D eigenvalue weighted by atomic mass is 16.5. The van der Waals surface area contributed by atoms with Gasteiger partial charge in [0, 0.05) is 25.2 Å². The second kappa shape index (κ2) is 5.81. The fraction of sp³-hybridized carbons (Fsp3) is 0.278. The second-order valence-corrected chi connectivity index (χ2v) is 5.71. The number of aliphatic hydroxyl groups excluding tert-OH is 1. The number of rotatable bonds is 3. The first-order chi connectivity index (χ1) is 10.6. The van der Waals surface area contributed by atoms with Crippen LogP contribution in [-0.2, 0) is 6.42 Å². The summed E-state index contributed by atoms with van der Waals surface area (Å²) in [5.41, 5.74) is 2.59. The van der Waals surface area contributed by atoms with Gasteiger partial charge in [-0.15, -0.1) is 0 Å². The van der Waals surface area contributed by atoms with Crippen LogP contribution in [0.4, 0.5) is 0 Å². The fourth-order valence-electron chi connectivity index (χ4n) is 2.77. The van der Waals surface area contributed by atoms with E-state index in [0.29, 0.717) is 11.3 Å². The summed E-state index contributed by atoms with van der Waals surface area (Å²) in [6.45, 7) is 0. The fourth-order valence-corrected chi connectivity index (χ4v) is 2.77. The lowest BCUT2D eigenvalue weighted by Crippen LogP contribution is -2.21. The Kier molecular flexibility index (Phi) is 3.86. The zero-order valence-electron chi connectivity index (χ0n) is 12.7. The van der Waals surface area contributed by atoms with Gasteiger partial charge in [-0.1, -0.05) is 18.2 Å². The summed E-state index contributed by atoms with van der Waals surface area (Å²) in [6.07, 6.45) is 1.14. The summed E-state index contributed by atoms with van der Waals surface area (Å²) in [7, 11) is 3.45. The minimum absolute atomic E-state index is 0.0563. The van der Waals surface area contributed by atoms with Crippen LogP contribution in [0.5, 0.6) is 11.5 Å². The molecule has 0 aliphatic heterocycles. The summed E-state index contributed by atoms with van der Waals surface area (Å²) in [5, 5.41) is 9.94. The van der Waals surface area contributed by atoms with E-state index in [2.05, 4.69) is 0 Å². The van der Waals surface area contributed by atoms with E-state index in [0.717, 1.165) is 29.7 Å². The number of benzene rings is 2. The van der Waals surface area contributed by atoms with Gasteiger partial charge < -0.3 is 14.7 Å². The van der Waals surface area contributed by atoms with Gasteiger partial charge in [-0.2, -0.15) is 0 Å². The number of carbonyl (C=O) groups is 1. The first-order valence-corrected chi connectivity index (χ1v) is 7.35. The van der Waals surface area contributed by atoms with Gasteiger partial charge in [0.1, 0.15) is 11.5 Å². The van der Waals surface area contributed by atoms with Gasteiger partial charge in [0.25, 0.3) is 5.91 Å². The van der Waals surface area contributed by atoms with E-state index in [9.17, 15) is 9.90 Å². The zero-order chi connectivity index (χ0) is 15.7. The van der Waals surface area contributed by atoms with E-state index in [-0.39, 0.29) is 5.91 Å². The molecule has 4 nitrogen and oxygen atoms in total. The highest BCUT2D eigenvalue weighted by Crippen LogP contribution is 2.38. The monoisotopic (exact) mass is 297 g/mol. The Bertz CT molecular complexity index is 709. The lowest BCUT2D eigenvalue weighted by atomic mass is 10.1. The molecule has 0 saturated carbocycles. The molecule has 1 aliphatic rings. The lowest BCUT2D eigenvalue weighted by Gasteiger charge is -2.13. The zero-order valence-corrected chi connectivity index (χ0v) is 12.7. The van der Waals surface area contributed by atoms with Crippen molar-refractivity contribution in [1.29, 1.82) is 0 Å². The van der Waals surface area contributed by atoms with Crippen molar-refractivity contribution in [1.82, 2.24) is 4.90 Å². The van der Waals surface area contributed by atoms with Gasteiger partial charge in [-0.3, -0.25) is 4.79 Å². The molecule has 3 rings (SSSR count). The number of amides is 1. The largest absolute Gasteiger partial charge is 0.457 e. The predicted molar refractivity (Wildman–Crippen MR) is 84.3 cm³/mol. The van der Waals surface area contributed by atoms with Crippen molar-refractivity contribution in [2.24, 2.45) is 0 Å². The minimum Gasteiger partial charge on any atom is -0.457 e. The molecule has 1 aliphatic carbocycles. The molecule has 1 atom stereocenters. The van der Waals surface area contributed by atoms with Gasteiger partial charge in [-0.25, -0.2) is 0 Å². The maximum Gasteiger partial charge on any atom is 0.253 e. The molecule has 0 heterocycles. The molecule has 2 aromatic rings. The quantitative estimate of drug-likeness (QED) is 0.946. The molecule has 4 heteroatoms. The van der Waals surface area contributed by atoms with E-state index in [1.807, 2.05) is 30.3 Å². The number of fused-ring (bicyclic) bond motifs is 1. The van der Waals surface area contributed by atoms with Crippen LogP contribution in [0.3, 0.4) is 0 Å². The van der Waals surface area contributed by atoms with Crippen molar-refractivity contribution in [3.63, 3.8) is 0 Å². The summed E-state index contributed by atoms with van der Waals surface area (Å²) >= 11 is 0. The Labute approximate surface area is 130 Å². The average molecular weight is 297 g/mol. The molecule has 0 unspecified atom stereocenters. The van der Waals surface area contributed by atoms with Crippen molar-refractivity contribution >= 4 is 5.91 Å². The first-order valence-electron chi connectivity index (χ1n) is 7.35. The molecule has 0 fully saturated rings. The second-order valence-electron chi connectivity index (χ2n) is 5.71. The summed E-state index contributed by atoms with van der Waals surface area (Å²) in [6, 6.07) is 12.9. The normalized spacial score (nSPS) is 16.2. The number of ether oxygens (including phenoxy) is 1. The molecular weight excluding hydrogens is 278 g/mol. The third-order valence-corrected chi connectivity index (χ3v) is 3.91. The van der Waals surface area contributed by atoms with Crippen LogP contribution in [0.25, 0.3) is 0 Å². The SMILES string of the molecule is CN(C)C(=O)c1cccc(Oc2cccc3c2CC[C@H]3O)c1. The molecule has 0 aromatic heterocycles. The van der Waals surface area contributed by atoms with Crippen LogP contribution in [0, 0.1) is 0 Å². The lowest BCUT2D eigenvalue weighted by molar-refractivity contribution is 0.0827. The molecule has 0 bridgehead atoms. The summed E-state index contributed by atoms with van der Waals surface area (Å²) in [4.78, 5) is 13.6. The number of hydrogen-bond acceptors (Lipinski definition) is 3. The van der Waals surface area contributed by atoms with Crippen LogP contribution in [0.15, 0.2) is 42.5 Å². The number of carbonyl (C=O) groups excluding carboxylic acids is 1. The van der Waals surface area contributed by atoms with Crippen LogP contribution >= 0.6 is 0 Å². The predicted octanol–water partition coefficient (Wildman–Crippen LogP) is 3.16. The van der Waals surface area contributed by atoms with Crippen LogP contribution in [0.2, 0.25) is 0 Å². The molecule has 2 aromatic carbocycles. The molecular formula is C18H19NO3. The Morgan fingerprint density at radius 1 is 1.23 bits per heavy atom. The smallest absolute Gasteiger partial charge is 0.253 e. The molecule has 0 radical (unpaired) electrons.